The highest BCUT2D eigenvalue weighted by atomic mass is 79.9. The summed E-state index contributed by atoms with van der Waals surface area (Å²) < 4.78 is 3.27. The Labute approximate surface area is 196 Å². The first-order valence-corrected chi connectivity index (χ1v) is 11.7. The molecule has 0 aliphatic heterocycles. The normalized spacial score (nSPS) is 15.6. The Morgan fingerprint density at radius 1 is 0.906 bits per heavy atom. The molecule has 32 heavy (non-hydrogen) atoms. The number of aromatic nitrogens is 1. The van der Waals surface area contributed by atoms with Crippen molar-refractivity contribution in [2.45, 2.75) is 25.2 Å². The average molecular weight is 486 g/mol. The number of carbonyl (C=O) groups excluding carboxylic acids is 1. The van der Waals surface area contributed by atoms with E-state index >= 15 is 0 Å². The second-order valence-electron chi connectivity index (χ2n) is 8.31. The van der Waals surface area contributed by atoms with Crippen LogP contribution < -0.4 is 0 Å². The van der Waals surface area contributed by atoms with Crippen LogP contribution in [0.15, 0.2) is 89.4 Å². The molecule has 1 aromatic heterocycles. The summed E-state index contributed by atoms with van der Waals surface area (Å²) in [6.45, 7) is 0.135. The zero-order chi connectivity index (χ0) is 22.1. The van der Waals surface area contributed by atoms with Gasteiger partial charge in [-0.25, -0.2) is 0 Å². The Balaban J connectivity index is 1.66. The Morgan fingerprint density at radius 3 is 2.31 bits per heavy atom. The number of hydrogen-bond donors (Lipinski definition) is 1. The lowest BCUT2D eigenvalue weighted by molar-refractivity contribution is 0.0963. The fraction of sp³-hybridized carbons (Fsp3) is 0.179. The first kappa shape index (κ1) is 20.9. The minimum Gasteiger partial charge on any atom is -0.396 e. The summed E-state index contributed by atoms with van der Waals surface area (Å²) in [6.07, 6.45) is 1.99. The summed E-state index contributed by atoms with van der Waals surface area (Å²) in [5, 5.41) is 9.27. The molecule has 1 aliphatic carbocycles. The first-order chi connectivity index (χ1) is 15.6. The van der Waals surface area contributed by atoms with E-state index in [1.54, 1.807) is 0 Å². The van der Waals surface area contributed by atoms with Gasteiger partial charge in [-0.15, -0.1) is 0 Å². The van der Waals surface area contributed by atoms with E-state index < -0.39 is 0 Å². The summed E-state index contributed by atoms with van der Waals surface area (Å²) in [5.74, 6) is 0.380. The molecule has 4 aromatic rings. The second kappa shape index (κ2) is 8.89. The Kier molecular flexibility index (Phi) is 5.81. The van der Waals surface area contributed by atoms with Crippen LogP contribution in [-0.4, -0.2) is 22.1 Å². The molecule has 5 rings (SSSR count). The monoisotopic (exact) mass is 485 g/mol. The maximum atomic E-state index is 13.2. The summed E-state index contributed by atoms with van der Waals surface area (Å²) in [4.78, 5) is 13.2. The van der Waals surface area contributed by atoms with Crippen molar-refractivity contribution in [3.8, 4) is 16.9 Å². The number of hydrogen-bond acceptors (Lipinski definition) is 2. The van der Waals surface area contributed by atoms with Gasteiger partial charge in [0, 0.05) is 34.4 Å². The third kappa shape index (κ3) is 3.96. The van der Waals surface area contributed by atoms with Crippen LogP contribution in [0.1, 0.15) is 39.5 Å². The van der Waals surface area contributed by atoms with Gasteiger partial charge in [-0.1, -0.05) is 70.5 Å². The van der Waals surface area contributed by atoms with Crippen molar-refractivity contribution >= 4 is 21.7 Å². The van der Waals surface area contributed by atoms with Gasteiger partial charge in [0.05, 0.1) is 5.69 Å². The van der Waals surface area contributed by atoms with Crippen LogP contribution in [0.2, 0.25) is 0 Å². The van der Waals surface area contributed by atoms with Gasteiger partial charge in [0.1, 0.15) is 0 Å². The van der Waals surface area contributed by atoms with Crippen LogP contribution >= 0.6 is 15.9 Å². The Hall–Kier alpha value is -2.95. The van der Waals surface area contributed by atoms with Crippen molar-refractivity contribution in [1.82, 2.24) is 4.57 Å². The van der Waals surface area contributed by atoms with Crippen LogP contribution in [0.3, 0.4) is 0 Å². The highest BCUT2D eigenvalue weighted by Crippen LogP contribution is 2.39. The summed E-state index contributed by atoms with van der Waals surface area (Å²) in [5.41, 5.74) is 7.35. The molecule has 0 saturated heterocycles. The fourth-order valence-corrected chi connectivity index (χ4v) is 4.93. The van der Waals surface area contributed by atoms with E-state index in [0.717, 1.165) is 44.7 Å². The first-order valence-electron chi connectivity index (χ1n) is 10.9. The van der Waals surface area contributed by atoms with Crippen LogP contribution in [0.5, 0.6) is 0 Å². The topological polar surface area (TPSA) is 42.2 Å². The Bertz CT molecular complexity index is 1240. The summed E-state index contributed by atoms with van der Waals surface area (Å²) in [7, 11) is 0. The highest BCUT2D eigenvalue weighted by molar-refractivity contribution is 9.10. The van der Waals surface area contributed by atoms with E-state index in [1.807, 2.05) is 30.3 Å². The number of carbonyl (C=O) groups is 1. The molecule has 160 valence electrons. The predicted molar refractivity (Wildman–Crippen MR) is 132 cm³/mol. The van der Waals surface area contributed by atoms with Crippen molar-refractivity contribution in [3.63, 3.8) is 0 Å². The molecule has 0 saturated carbocycles. The van der Waals surface area contributed by atoms with Crippen LogP contribution in [-0.2, 0) is 12.8 Å². The van der Waals surface area contributed by atoms with Gasteiger partial charge >= 0.3 is 0 Å². The quantitative estimate of drug-likeness (QED) is 0.357. The SMILES string of the molecule is O=C1CC(c2ccccc2)Cc2c1cc(-c1ccc(Br)cc1)n2-c1ccc(CCO)cc1. The number of ketones is 1. The van der Waals surface area contributed by atoms with E-state index in [4.69, 9.17) is 0 Å². The lowest BCUT2D eigenvalue weighted by atomic mass is 9.82. The number of Topliss-reactive ketones (excluding diaryl/α,β-unsaturated/α-hetero) is 1. The van der Waals surface area contributed by atoms with Gasteiger partial charge in [-0.3, -0.25) is 4.79 Å². The molecule has 0 spiro atoms. The molecule has 0 fully saturated rings. The number of aliphatic hydroxyl groups is 1. The van der Waals surface area contributed by atoms with Gasteiger partial charge in [0.2, 0.25) is 0 Å². The lowest BCUT2D eigenvalue weighted by Crippen LogP contribution is -2.20. The average Bonchev–Trinajstić information content (AvgIpc) is 3.21. The predicted octanol–water partition coefficient (Wildman–Crippen LogP) is 6.35. The summed E-state index contributed by atoms with van der Waals surface area (Å²) in [6, 6.07) is 28.9. The van der Waals surface area contributed by atoms with E-state index in [1.165, 1.54) is 5.56 Å². The molecule has 0 radical (unpaired) electrons. The molecule has 1 unspecified atom stereocenters. The third-order valence-electron chi connectivity index (χ3n) is 6.28. The van der Waals surface area contributed by atoms with Gasteiger partial charge in [0.15, 0.2) is 5.78 Å². The van der Waals surface area contributed by atoms with Gasteiger partial charge in [0.25, 0.3) is 0 Å². The van der Waals surface area contributed by atoms with Gasteiger partial charge in [-0.2, -0.15) is 0 Å². The minimum absolute atomic E-state index is 0.135. The van der Waals surface area contributed by atoms with Gasteiger partial charge < -0.3 is 9.67 Å². The zero-order valence-electron chi connectivity index (χ0n) is 17.7. The number of fused-ring (bicyclic) bond motifs is 1. The largest absolute Gasteiger partial charge is 0.396 e. The van der Waals surface area contributed by atoms with Crippen LogP contribution in [0.4, 0.5) is 0 Å². The van der Waals surface area contributed by atoms with Crippen LogP contribution in [0.25, 0.3) is 16.9 Å². The molecule has 1 N–H and O–H groups in total. The van der Waals surface area contributed by atoms with Gasteiger partial charge in [-0.05, 0) is 65.8 Å². The smallest absolute Gasteiger partial charge is 0.165 e. The van der Waals surface area contributed by atoms with Crippen molar-refractivity contribution in [2.24, 2.45) is 0 Å². The number of rotatable bonds is 5. The molecular weight excluding hydrogens is 462 g/mol. The number of halogens is 1. The highest BCUT2D eigenvalue weighted by Gasteiger charge is 2.31. The fourth-order valence-electron chi connectivity index (χ4n) is 4.66. The molecule has 1 heterocycles. The molecule has 1 aliphatic rings. The maximum Gasteiger partial charge on any atom is 0.165 e. The molecule has 1 atom stereocenters. The summed E-state index contributed by atoms with van der Waals surface area (Å²) >= 11 is 3.52. The molecule has 3 nitrogen and oxygen atoms in total. The van der Waals surface area contributed by atoms with E-state index in [2.05, 4.69) is 75.1 Å². The van der Waals surface area contributed by atoms with Crippen molar-refractivity contribution in [1.29, 1.82) is 0 Å². The van der Waals surface area contributed by atoms with E-state index in [9.17, 15) is 9.90 Å². The van der Waals surface area contributed by atoms with Crippen LogP contribution in [0, 0.1) is 0 Å². The molecule has 4 heteroatoms. The number of aliphatic hydroxyl groups excluding tert-OH is 1. The van der Waals surface area contributed by atoms with Crippen molar-refractivity contribution < 1.29 is 9.90 Å². The minimum atomic E-state index is 0.135. The standard InChI is InChI=1S/C28H24BrNO2/c29-23-10-8-21(9-11-23)26-18-25-27(30(26)24-12-6-19(7-13-24)14-15-31)16-22(17-28(25)32)20-4-2-1-3-5-20/h1-13,18,22,31H,14-17H2. The van der Waals surface area contributed by atoms with Crippen molar-refractivity contribution in [3.05, 3.63) is 112 Å². The lowest BCUT2D eigenvalue weighted by Gasteiger charge is -2.24. The number of nitrogens with zero attached hydrogens (tertiary/aromatic N) is 1. The molecule has 0 amide bonds. The van der Waals surface area contributed by atoms with Crippen molar-refractivity contribution in [2.75, 3.05) is 6.61 Å². The molecular formula is C28H24BrNO2. The Morgan fingerprint density at radius 2 is 1.62 bits per heavy atom. The zero-order valence-corrected chi connectivity index (χ0v) is 19.3. The molecule has 3 aromatic carbocycles. The van der Waals surface area contributed by atoms with E-state index in [0.29, 0.717) is 12.8 Å². The second-order valence-corrected chi connectivity index (χ2v) is 9.23. The third-order valence-corrected chi connectivity index (χ3v) is 6.81. The van der Waals surface area contributed by atoms with E-state index in [-0.39, 0.29) is 18.3 Å². The number of benzene rings is 3. The maximum absolute atomic E-state index is 13.2. The molecule has 0 bridgehead atoms.